The van der Waals surface area contributed by atoms with Crippen LogP contribution in [0.2, 0.25) is 8.87 Å². The first-order valence-electron chi connectivity index (χ1n) is 5.63. The Hall–Kier alpha value is 0.00870. The second-order valence-corrected chi connectivity index (χ2v) is 7.81. The van der Waals surface area contributed by atoms with Crippen LogP contribution in [-0.4, -0.2) is 27.1 Å². The van der Waals surface area contributed by atoms with Gasteiger partial charge in [0.15, 0.2) is 0 Å². The molecule has 0 spiro atoms. The summed E-state index contributed by atoms with van der Waals surface area (Å²) in [6.07, 6.45) is 5.84. The second kappa shape index (κ2) is 14.0. The molecule has 0 saturated carbocycles. The van der Waals surface area contributed by atoms with Crippen LogP contribution in [0.4, 0.5) is 0 Å². The molecule has 0 aliphatic carbocycles. The van der Waals surface area contributed by atoms with Gasteiger partial charge in [0.2, 0.25) is 0 Å². The Kier molecular flexibility index (Phi) is 16.3. The van der Waals surface area contributed by atoms with Gasteiger partial charge in [-0.1, -0.05) is 6.58 Å². The molecule has 2 nitrogen and oxygen atoms in total. The normalized spacial score (nSPS) is 8.47. The minimum absolute atomic E-state index is 0. The molecule has 0 aromatic carbocycles. The SMILES string of the molecule is C=C(C)C(=O)[O-].CCC[CH2][Sn+2][CH2]CCC.[H-]. The van der Waals surface area contributed by atoms with Crippen LogP contribution in [-0.2, 0) is 4.79 Å². The van der Waals surface area contributed by atoms with Crippen LogP contribution in [0.3, 0.4) is 0 Å². The fourth-order valence-electron chi connectivity index (χ4n) is 0.729. The Balaban J connectivity index is -0.000000214. The molecule has 0 fully saturated rings. The Morgan fingerprint density at radius 2 is 1.60 bits per heavy atom. The minimum atomic E-state index is -1.19. The van der Waals surface area contributed by atoms with Gasteiger partial charge in [-0.2, -0.15) is 0 Å². The third kappa shape index (κ3) is 20.2. The molecule has 0 heterocycles. The maximum absolute atomic E-state index is 9.49. The second-order valence-electron chi connectivity index (χ2n) is 3.52. The number of carboxylic acid groups (broad SMARTS) is 1. The van der Waals surface area contributed by atoms with Gasteiger partial charge in [-0.25, -0.2) is 0 Å². The predicted octanol–water partition coefficient (Wildman–Crippen LogP) is 2.55. The summed E-state index contributed by atoms with van der Waals surface area (Å²) in [6.45, 7) is 9.06. The van der Waals surface area contributed by atoms with Gasteiger partial charge >= 0.3 is 69.5 Å². The first-order valence-corrected chi connectivity index (χ1v) is 9.67. The van der Waals surface area contributed by atoms with Crippen molar-refractivity contribution in [3.05, 3.63) is 12.2 Å². The standard InChI is InChI=1S/C4H6O2.2C4H9.Sn.H/c1-3(2)4(5)6;2*1-3-4-2;;/h1H2,2H3,(H,5,6);2*1,3-4H2,2H3;;/q;;;+2;-1/p-1. The molecule has 0 atom stereocenters. The molecule has 0 N–H and O–H groups in total. The Morgan fingerprint density at radius 1 is 1.27 bits per heavy atom. The van der Waals surface area contributed by atoms with Gasteiger partial charge in [0.25, 0.3) is 0 Å². The molecule has 0 aromatic heterocycles. The van der Waals surface area contributed by atoms with Gasteiger partial charge in [-0.3, -0.25) is 0 Å². The van der Waals surface area contributed by atoms with E-state index in [0.29, 0.717) is 0 Å². The van der Waals surface area contributed by atoms with Crippen molar-refractivity contribution in [2.24, 2.45) is 0 Å². The van der Waals surface area contributed by atoms with Crippen LogP contribution < -0.4 is 5.11 Å². The van der Waals surface area contributed by atoms with Crippen molar-refractivity contribution < 1.29 is 11.3 Å². The Labute approximate surface area is 106 Å². The number of aliphatic carboxylic acids is 1. The summed E-state index contributed by atoms with van der Waals surface area (Å²) >= 11 is 0.149. The van der Waals surface area contributed by atoms with E-state index < -0.39 is 5.97 Å². The van der Waals surface area contributed by atoms with Gasteiger partial charge in [-0.15, -0.1) is 0 Å². The molecule has 0 bridgehead atoms. The van der Waals surface area contributed by atoms with E-state index in [0.717, 1.165) is 0 Å². The monoisotopic (exact) mass is 320 g/mol. The summed E-state index contributed by atoms with van der Waals surface area (Å²) in [7, 11) is 0. The van der Waals surface area contributed by atoms with Gasteiger partial charge in [0, 0.05) is 0 Å². The van der Waals surface area contributed by atoms with E-state index in [2.05, 4.69) is 20.4 Å². The van der Waals surface area contributed by atoms with Crippen molar-refractivity contribution in [1.82, 2.24) is 0 Å². The van der Waals surface area contributed by atoms with E-state index in [1.54, 1.807) is 8.87 Å². The average Bonchev–Trinajstić information content (AvgIpc) is 2.18. The fourth-order valence-corrected chi connectivity index (χ4v) is 4.89. The number of rotatable bonds is 7. The van der Waals surface area contributed by atoms with Crippen molar-refractivity contribution in [1.29, 1.82) is 0 Å². The summed E-state index contributed by atoms with van der Waals surface area (Å²) in [4.78, 5) is 9.49. The molecule has 0 rings (SSSR count). The number of carbonyl (C=O) groups excluding carboxylic acids is 1. The summed E-state index contributed by atoms with van der Waals surface area (Å²) in [5.41, 5.74) is 0.0648. The summed E-state index contributed by atoms with van der Waals surface area (Å²) in [5.74, 6) is -1.19. The van der Waals surface area contributed by atoms with Crippen LogP contribution >= 0.6 is 0 Å². The largest absolute Gasteiger partial charge is 1.00 e. The summed E-state index contributed by atoms with van der Waals surface area (Å²) < 4.78 is 3.25. The molecule has 3 heteroatoms. The van der Waals surface area contributed by atoms with Gasteiger partial charge < -0.3 is 11.3 Å². The van der Waals surface area contributed by atoms with E-state index in [4.69, 9.17) is 0 Å². The molecular formula is C12H24O2Sn. The third-order valence-corrected chi connectivity index (χ3v) is 5.80. The van der Waals surface area contributed by atoms with Crippen LogP contribution in [0.5, 0.6) is 0 Å². The van der Waals surface area contributed by atoms with Crippen LogP contribution in [0.25, 0.3) is 0 Å². The number of hydrogen-bond donors (Lipinski definition) is 0. The van der Waals surface area contributed by atoms with E-state index in [1.807, 2.05) is 0 Å². The van der Waals surface area contributed by atoms with Gasteiger partial charge in [0.1, 0.15) is 0 Å². The van der Waals surface area contributed by atoms with E-state index in [9.17, 15) is 9.90 Å². The number of unbranched alkanes of at least 4 members (excludes halogenated alkanes) is 2. The molecule has 88 valence electrons. The Morgan fingerprint density at radius 3 is 1.80 bits per heavy atom. The molecule has 0 radical (unpaired) electrons. The van der Waals surface area contributed by atoms with Crippen molar-refractivity contribution >= 4 is 27.1 Å². The number of hydrogen-bond acceptors (Lipinski definition) is 2. The molecular weight excluding hydrogens is 295 g/mol. The number of carbonyl (C=O) groups is 1. The predicted molar refractivity (Wildman–Crippen MR) is 66.1 cm³/mol. The van der Waals surface area contributed by atoms with Crippen LogP contribution in [0, 0.1) is 0 Å². The maximum atomic E-state index is 9.49. The quantitative estimate of drug-likeness (QED) is 0.411. The smallest absolute Gasteiger partial charge is 1.00 e. The first kappa shape index (κ1) is 17.4. The van der Waals surface area contributed by atoms with Crippen molar-refractivity contribution in [2.45, 2.75) is 55.3 Å². The van der Waals surface area contributed by atoms with Crippen molar-refractivity contribution in [3.63, 3.8) is 0 Å². The first-order chi connectivity index (χ1) is 7.06. The molecule has 0 aliphatic heterocycles. The average molecular weight is 319 g/mol. The van der Waals surface area contributed by atoms with Crippen molar-refractivity contribution in [3.8, 4) is 0 Å². The van der Waals surface area contributed by atoms with Gasteiger partial charge in [-0.05, 0) is 12.5 Å². The minimum Gasteiger partial charge on any atom is -1.00 e. The van der Waals surface area contributed by atoms with Gasteiger partial charge in [0.05, 0.1) is 5.97 Å². The van der Waals surface area contributed by atoms with E-state index in [-0.39, 0.29) is 28.1 Å². The fraction of sp³-hybridized carbons (Fsp3) is 0.750. The zero-order valence-electron chi connectivity index (χ0n) is 11.3. The molecule has 0 aromatic rings. The van der Waals surface area contributed by atoms with Crippen molar-refractivity contribution in [2.75, 3.05) is 0 Å². The van der Waals surface area contributed by atoms with E-state index in [1.165, 1.54) is 32.6 Å². The number of carboxylic acids is 1. The maximum Gasteiger partial charge on any atom is -1.00 e. The molecule has 0 saturated heterocycles. The van der Waals surface area contributed by atoms with E-state index >= 15 is 0 Å². The summed E-state index contributed by atoms with van der Waals surface area (Å²) in [6, 6.07) is 0. The third-order valence-electron chi connectivity index (χ3n) is 1.76. The topological polar surface area (TPSA) is 40.1 Å². The molecule has 0 amide bonds. The van der Waals surface area contributed by atoms with Crippen LogP contribution in [0.1, 0.15) is 47.9 Å². The zero-order valence-corrected chi connectivity index (χ0v) is 13.1. The zero-order chi connectivity index (χ0) is 12.1. The summed E-state index contributed by atoms with van der Waals surface area (Å²) in [5, 5.41) is 9.49. The molecule has 0 unspecified atom stereocenters. The Bertz CT molecular complexity index is 154. The molecule has 0 aliphatic rings. The molecule has 15 heavy (non-hydrogen) atoms. The van der Waals surface area contributed by atoms with Crippen LogP contribution in [0.15, 0.2) is 12.2 Å².